The molecule has 8 heteroatoms. The predicted molar refractivity (Wildman–Crippen MR) is 147 cm³/mol. The Morgan fingerprint density at radius 2 is 1.76 bits per heavy atom. The molecule has 0 aliphatic rings. The first-order chi connectivity index (χ1) is 17.7. The molecule has 37 heavy (non-hydrogen) atoms. The van der Waals surface area contributed by atoms with Crippen LogP contribution in [0.3, 0.4) is 0 Å². The Kier molecular flexibility index (Phi) is 8.31. The van der Waals surface area contributed by atoms with Crippen molar-refractivity contribution in [3.05, 3.63) is 78.0 Å². The molecule has 1 amide bonds. The maximum Gasteiger partial charge on any atom is 0.475 e. The van der Waals surface area contributed by atoms with Crippen LogP contribution < -0.4 is 10.1 Å². The van der Waals surface area contributed by atoms with Crippen molar-refractivity contribution in [2.75, 3.05) is 7.11 Å². The van der Waals surface area contributed by atoms with Crippen LogP contribution in [0.4, 0.5) is 0 Å². The summed E-state index contributed by atoms with van der Waals surface area (Å²) in [5, 5.41) is 25.3. The number of aromatic nitrogens is 1. The maximum absolute atomic E-state index is 13.4. The lowest BCUT2D eigenvalue weighted by Crippen LogP contribution is -2.49. The molecule has 4 rings (SSSR count). The average Bonchev–Trinajstić information content (AvgIpc) is 3.29. The molecule has 4 N–H and O–H groups in total. The van der Waals surface area contributed by atoms with Gasteiger partial charge in [-0.25, -0.2) is 0 Å². The van der Waals surface area contributed by atoms with E-state index in [0.29, 0.717) is 18.4 Å². The summed E-state index contributed by atoms with van der Waals surface area (Å²) in [7, 11) is -0.0762. The Morgan fingerprint density at radius 1 is 1.03 bits per heavy atom. The summed E-state index contributed by atoms with van der Waals surface area (Å²) in [4.78, 5) is 30.1. The number of hydrogen-bond donors (Lipinski definition) is 4. The van der Waals surface area contributed by atoms with Crippen LogP contribution in [0.2, 0.25) is 0 Å². The van der Waals surface area contributed by atoms with Gasteiger partial charge >= 0.3 is 7.12 Å². The first kappa shape index (κ1) is 26.4. The summed E-state index contributed by atoms with van der Waals surface area (Å²) in [5.74, 6) is -1.14. The molecular weight excluding hydrogens is 467 g/mol. The van der Waals surface area contributed by atoms with Crippen LogP contribution in [0.1, 0.15) is 42.6 Å². The van der Waals surface area contributed by atoms with Gasteiger partial charge in [-0.15, -0.1) is 0 Å². The van der Waals surface area contributed by atoms with Crippen LogP contribution in [0, 0.1) is 11.8 Å². The van der Waals surface area contributed by atoms with E-state index in [0.717, 1.165) is 33.0 Å². The minimum atomic E-state index is -1.69. The Balaban J connectivity index is 1.60. The number of rotatable bonds is 11. The molecule has 0 aliphatic heterocycles. The molecule has 7 nitrogen and oxygen atoms in total. The highest BCUT2D eigenvalue weighted by atomic mass is 16.5. The standard InChI is InChI=1S/C29H33BN2O5/c1-18(2)12-28(30(35)36)32-29(34)22(14-23-17-31-26-7-5-4-6-25(23)26)16-27(33)21-9-8-20-15-24(37-3)11-10-19(20)13-21/h4-11,13,15,17-18,22,28,31,35-36H,12,14,16H2,1-3H3,(H,32,34)/t22?,28-/m0/s1. The molecule has 0 saturated carbocycles. The second-order valence-corrected chi connectivity index (χ2v) is 9.97. The third-order valence-electron chi connectivity index (χ3n) is 6.73. The summed E-state index contributed by atoms with van der Waals surface area (Å²) >= 11 is 0. The second-order valence-electron chi connectivity index (χ2n) is 9.97. The van der Waals surface area contributed by atoms with Crippen molar-refractivity contribution in [2.24, 2.45) is 11.8 Å². The van der Waals surface area contributed by atoms with E-state index in [4.69, 9.17) is 4.74 Å². The number of aromatic amines is 1. The van der Waals surface area contributed by atoms with Gasteiger partial charge in [0.2, 0.25) is 5.91 Å². The summed E-state index contributed by atoms with van der Waals surface area (Å²) in [6.07, 6.45) is 2.60. The minimum absolute atomic E-state index is 0.0110. The smallest absolute Gasteiger partial charge is 0.475 e. The third-order valence-corrected chi connectivity index (χ3v) is 6.73. The van der Waals surface area contributed by atoms with Gasteiger partial charge < -0.3 is 25.1 Å². The van der Waals surface area contributed by atoms with E-state index in [1.165, 1.54) is 0 Å². The number of nitrogens with one attached hydrogen (secondary N) is 2. The van der Waals surface area contributed by atoms with E-state index in [1.54, 1.807) is 13.2 Å². The number of fused-ring (bicyclic) bond motifs is 2. The highest BCUT2D eigenvalue weighted by Crippen LogP contribution is 2.26. The SMILES string of the molecule is COc1ccc2cc(C(=O)CC(Cc3c[nH]c4ccccc34)C(=O)N[C@@H](CC(C)C)B(O)O)ccc2c1. The predicted octanol–water partition coefficient (Wildman–Crippen LogP) is 4.30. The number of amides is 1. The quantitative estimate of drug-likeness (QED) is 0.181. The zero-order valence-electron chi connectivity index (χ0n) is 21.4. The number of benzene rings is 3. The van der Waals surface area contributed by atoms with Crippen molar-refractivity contribution < 1.29 is 24.4 Å². The molecule has 0 bridgehead atoms. The van der Waals surface area contributed by atoms with Crippen LogP contribution in [-0.4, -0.2) is 46.9 Å². The lowest BCUT2D eigenvalue weighted by molar-refractivity contribution is -0.125. The first-order valence-corrected chi connectivity index (χ1v) is 12.6. The first-order valence-electron chi connectivity index (χ1n) is 12.6. The number of Topliss-reactive ketones (excluding diaryl/α,β-unsaturated/α-hetero) is 1. The van der Waals surface area contributed by atoms with Crippen LogP contribution in [0.5, 0.6) is 5.75 Å². The Hall–Kier alpha value is -3.62. The van der Waals surface area contributed by atoms with Crippen molar-refractivity contribution in [1.29, 1.82) is 0 Å². The lowest BCUT2D eigenvalue weighted by atomic mass is 9.74. The molecule has 0 spiro atoms. The maximum atomic E-state index is 13.4. The summed E-state index contributed by atoms with van der Waals surface area (Å²) in [6.45, 7) is 3.90. The van der Waals surface area contributed by atoms with E-state index < -0.39 is 19.0 Å². The van der Waals surface area contributed by atoms with E-state index in [2.05, 4.69) is 10.3 Å². The third kappa shape index (κ3) is 6.39. The van der Waals surface area contributed by atoms with Crippen molar-refractivity contribution >= 4 is 40.5 Å². The molecule has 1 unspecified atom stereocenters. The second kappa shape index (κ2) is 11.6. The normalized spacial score (nSPS) is 13.0. The van der Waals surface area contributed by atoms with Gasteiger partial charge in [-0.05, 0) is 59.4 Å². The lowest BCUT2D eigenvalue weighted by Gasteiger charge is -2.23. The van der Waals surface area contributed by atoms with Gasteiger partial charge in [-0.2, -0.15) is 0 Å². The summed E-state index contributed by atoms with van der Waals surface area (Å²) in [6, 6.07) is 18.9. The number of para-hydroxylation sites is 1. The van der Waals surface area contributed by atoms with Crippen LogP contribution in [-0.2, 0) is 11.2 Å². The highest BCUT2D eigenvalue weighted by Gasteiger charge is 2.31. The van der Waals surface area contributed by atoms with Gasteiger partial charge in [0.1, 0.15) is 5.75 Å². The Bertz CT molecular complexity index is 1400. The molecule has 4 aromatic rings. The topological polar surface area (TPSA) is 112 Å². The molecule has 0 fully saturated rings. The highest BCUT2D eigenvalue weighted by molar-refractivity contribution is 6.43. The van der Waals surface area contributed by atoms with E-state index in [-0.39, 0.29) is 24.0 Å². The number of hydrogen-bond acceptors (Lipinski definition) is 5. The van der Waals surface area contributed by atoms with Gasteiger partial charge in [0, 0.05) is 35.0 Å². The minimum Gasteiger partial charge on any atom is -0.497 e. The molecule has 1 aromatic heterocycles. The number of H-pyrrole nitrogens is 1. The molecule has 1 heterocycles. The zero-order valence-corrected chi connectivity index (χ0v) is 21.4. The van der Waals surface area contributed by atoms with Gasteiger partial charge in [0.15, 0.2) is 5.78 Å². The fourth-order valence-corrected chi connectivity index (χ4v) is 4.75. The number of carbonyl (C=O) groups is 2. The fourth-order valence-electron chi connectivity index (χ4n) is 4.75. The summed E-state index contributed by atoms with van der Waals surface area (Å²) < 4.78 is 5.28. The number of carbonyl (C=O) groups excluding carboxylic acids is 2. The fraction of sp³-hybridized carbons (Fsp3) is 0.310. The Morgan fingerprint density at radius 3 is 2.49 bits per heavy atom. The van der Waals surface area contributed by atoms with Gasteiger partial charge in [-0.3, -0.25) is 9.59 Å². The van der Waals surface area contributed by atoms with Crippen LogP contribution in [0.25, 0.3) is 21.7 Å². The average molecular weight is 500 g/mol. The van der Waals surface area contributed by atoms with Crippen LogP contribution >= 0.6 is 0 Å². The molecule has 0 radical (unpaired) electrons. The van der Waals surface area contributed by atoms with E-state index in [1.807, 2.05) is 74.6 Å². The molecule has 0 aliphatic carbocycles. The monoisotopic (exact) mass is 500 g/mol. The van der Waals surface area contributed by atoms with E-state index in [9.17, 15) is 19.6 Å². The van der Waals surface area contributed by atoms with Crippen molar-refractivity contribution in [1.82, 2.24) is 10.3 Å². The number of ether oxygens (including phenoxy) is 1. The van der Waals surface area contributed by atoms with Gasteiger partial charge in [0.05, 0.1) is 13.1 Å². The van der Waals surface area contributed by atoms with E-state index >= 15 is 0 Å². The van der Waals surface area contributed by atoms with Crippen LogP contribution in [0.15, 0.2) is 66.9 Å². The molecule has 0 saturated heterocycles. The van der Waals surface area contributed by atoms with Crippen molar-refractivity contribution in [3.63, 3.8) is 0 Å². The van der Waals surface area contributed by atoms with Gasteiger partial charge in [0.25, 0.3) is 0 Å². The molecule has 2 atom stereocenters. The molecule has 192 valence electrons. The number of ketones is 1. The number of methoxy groups -OCH3 is 1. The summed E-state index contributed by atoms with van der Waals surface area (Å²) in [5.41, 5.74) is 2.41. The zero-order chi connectivity index (χ0) is 26.5. The van der Waals surface area contributed by atoms with Crippen molar-refractivity contribution in [3.8, 4) is 5.75 Å². The van der Waals surface area contributed by atoms with Gasteiger partial charge in [-0.1, -0.05) is 50.2 Å². The van der Waals surface area contributed by atoms with Crippen molar-refractivity contribution in [2.45, 2.75) is 39.1 Å². The molecule has 3 aromatic carbocycles. The molecular formula is C29H33BN2O5. The largest absolute Gasteiger partial charge is 0.497 e. The Labute approximate surface area is 217 Å².